The van der Waals surface area contributed by atoms with Crippen LogP contribution in [0.1, 0.15) is 43.7 Å². The highest BCUT2D eigenvalue weighted by Gasteiger charge is 2.12. The summed E-state index contributed by atoms with van der Waals surface area (Å²) in [5, 5.41) is 0. The Balaban J connectivity index is 2.68. The van der Waals surface area contributed by atoms with Gasteiger partial charge in [0.2, 0.25) is 5.91 Å². The van der Waals surface area contributed by atoms with Crippen LogP contribution in [0.15, 0.2) is 30.3 Å². The van der Waals surface area contributed by atoms with E-state index in [1.807, 2.05) is 12.1 Å². The molecule has 1 amide bonds. The Hall–Kier alpha value is -2.14. The third-order valence-electron chi connectivity index (χ3n) is 3.92. The highest BCUT2D eigenvalue weighted by Crippen LogP contribution is 2.15. The molecular formula is C20H29NO4. The number of hydrogen-bond acceptors (Lipinski definition) is 4. The van der Waals surface area contributed by atoms with Gasteiger partial charge in [0.25, 0.3) is 0 Å². The van der Waals surface area contributed by atoms with Crippen molar-refractivity contribution in [1.29, 1.82) is 0 Å². The minimum absolute atomic E-state index is 0.118. The molecule has 5 nitrogen and oxygen atoms in total. The van der Waals surface area contributed by atoms with Crippen LogP contribution in [0, 0.1) is 0 Å². The first kappa shape index (κ1) is 20.9. The van der Waals surface area contributed by atoms with Crippen molar-refractivity contribution in [3.63, 3.8) is 0 Å². The molecule has 0 spiro atoms. The fourth-order valence-corrected chi connectivity index (χ4v) is 2.33. The Morgan fingerprint density at radius 1 is 1.12 bits per heavy atom. The van der Waals surface area contributed by atoms with Gasteiger partial charge < -0.3 is 14.4 Å². The minimum atomic E-state index is -0.321. The van der Waals surface area contributed by atoms with Crippen LogP contribution in [0.4, 0.5) is 0 Å². The van der Waals surface area contributed by atoms with Crippen molar-refractivity contribution in [2.45, 2.75) is 32.6 Å². The Morgan fingerprint density at radius 2 is 1.80 bits per heavy atom. The van der Waals surface area contributed by atoms with Gasteiger partial charge in [-0.25, -0.2) is 0 Å². The third-order valence-corrected chi connectivity index (χ3v) is 3.92. The summed E-state index contributed by atoms with van der Waals surface area (Å²) >= 11 is 0. The molecule has 0 aliphatic carbocycles. The van der Waals surface area contributed by atoms with Crippen molar-refractivity contribution in [1.82, 2.24) is 4.90 Å². The first-order chi connectivity index (χ1) is 12.0. The topological polar surface area (TPSA) is 55.8 Å². The van der Waals surface area contributed by atoms with E-state index in [4.69, 9.17) is 4.74 Å². The van der Waals surface area contributed by atoms with Crippen LogP contribution in [0.25, 0.3) is 6.08 Å². The molecule has 0 aliphatic heterocycles. The van der Waals surface area contributed by atoms with Gasteiger partial charge >= 0.3 is 5.97 Å². The minimum Gasteiger partial charge on any atom is -0.469 e. The Bertz CT molecular complexity index is 564. The van der Waals surface area contributed by atoms with E-state index in [2.05, 4.69) is 30.7 Å². The van der Waals surface area contributed by atoms with Crippen molar-refractivity contribution >= 4 is 18.0 Å². The molecule has 0 bridgehead atoms. The predicted molar refractivity (Wildman–Crippen MR) is 99.3 cm³/mol. The van der Waals surface area contributed by atoms with Crippen molar-refractivity contribution in [3.05, 3.63) is 41.5 Å². The molecule has 1 aromatic rings. The number of esters is 1. The molecule has 25 heavy (non-hydrogen) atoms. The Kier molecular flexibility index (Phi) is 9.55. The highest BCUT2D eigenvalue weighted by atomic mass is 16.5. The van der Waals surface area contributed by atoms with Crippen LogP contribution in [-0.4, -0.2) is 50.7 Å². The summed E-state index contributed by atoms with van der Waals surface area (Å²) in [5.74, 6) is 0.0417. The van der Waals surface area contributed by atoms with Gasteiger partial charge in [0.05, 0.1) is 13.5 Å². The van der Waals surface area contributed by atoms with Gasteiger partial charge in [-0.1, -0.05) is 38.1 Å². The number of rotatable bonds is 10. The number of carbonyl (C=O) groups is 2. The summed E-state index contributed by atoms with van der Waals surface area (Å²) in [4.78, 5) is 25.4. The average molecular weight is 347 g/mol. The summed E-state index contributed by atoms with van der Waals surface area (Å²) in [5.41, 5.74) is 2.24. The molecule has 5 heteroatoms. The van der Waals surface area contributed by atoms with Gasteiger partial charge in [0.1, 0.15) is 0 Å². The standard InChI is InChI=1S/C20H29NO4/c1-16(2)18-9-6-17(7-10-18)8-11-19(22)21(13-5-15-24-3)14-12-20(23)25-4/h6-11,16H,5,12-15H2,1-4H3/b11-8+. The summed E-state index contributed by atoms with van der Waals surface area (Å²) < 4.78 is 9.68. The summed E-state index contributed by atoms with van der Waals surface area (Å²) in [6.07, 6.45) is 4.26. The fourth-order valence-electron chi connectivity index (χ4n) is 2.33. The van der Waals surface area contributed by atoms with Gasteiger partial charge in [-0.3, -0.25) is 9.59 Å². The van der Waals surface area contributed by atoms with Gasteiger partial charge in [-0.15, -0.1) is 0 Å². The molecule has 0 unspecified atom stereocenters. The zero-order valence-corrected chi connectivity index (χ0v) is 15.7. The van der Waals surface area contributed by atoms with Crippen LogP contribution >= 0.6 is 0 Å². The van der Waals surface area contributed by atoms with E-state index < -0.39 is 0 Å². The molecule has 0 saturated carbocycles. The lowest BCUT2D eigenvalue weighted by atomic mass is 10.0. The molecule has 138 valence electrons. The third kappa shape index (κ3) is 7.98. The number of hydrogen-bond donors (Lipinski definition) is 0. The summed E-state index contributed by atoms with van der Waals surface area (Å²) in [7, 11) is 2.97. The molecule has 1 rings (SSSR count). The van der Waals surface area contributed by atoms with E-state index in [1.54, 1.807) is 24.2 Å². The number of amides is 1. The number of methoxy groups -OCH3 is 2. The van der Waals surface area contributed by atoms with Gasteiger partial charge in [-0.05, 0) is 29.5 Å². The highest BCUT2D eigenvalue weighted by molar-refractivity contribution is 5.92. The maximum absolute atomic E-state index is 12.4. The second kappa shape index (κ2) is 11.4. The van der Waals surface area contributed by atoms with Crippen molar-refractivity contribution in [2.24, 2.45) is 0 Å². The van der Waals surface area contributed by atoms with Crippen LogP contribution in [0.2, 0.25) is 0 Å². The lowest BCUT2D eigenvalue weighted by Crippen LogP contribution is -2.33. The lowest BCUT2D eigenvalue weighted by Gasteiger charge is -2.20. The molecule has 0 atom stereocenters. The average Bonchev–Trinajstić information content (AvgIpc) is 2.62. The molecule has 1 aromatic carbocycles. The summed E-state index contributed by atoms with van der Waals surface area (Å²) in [6, 6.07) is 8.15. The lowest BCUT2D eigenvalue weighted by molar-refractivity contribution is -0.141. The van der Waals surface area contributed by atoms with Crippen LogP contribution < -0.4 is 0 Å². The summed E-state index contributed by atoms with van der Waals surface area (Å²) in [6.45, 7) is 5.75. The smallest absolute Gasteiger partial charge is 0.307 e. The molecule has 0 saturated heterocycles. The predicted octanol–water partition coefficient (Wildman–Crippen LogP) is 3.25. The fraction of sp³-hybridized carbons (Fsp3) is 0.500. The van der Waals surface area contributed by atoms with Gasteiger partial charge in [0.15, 0.2) is 0 Å². The molecule has 0 heterocycles. The number of carbonyl (C=O) groups excluding carboxylic acids is 2. The van der Waals surface area contributed by atoms with E-state index in [1.165, 1.54) is 12.7 Å². The molecule has 0 radical (unpaired) electrons. The van der Waals surface area contributed by atoms with E-state index >= 15 is 0 Å². The quantitative estimate of drug-likeness (QED) is 0.370. The number of benzene rings is 1. The number of nitrogens with zero attached hydrogens (tertiary/aromatic N) is 1. The van der Waals surface area contributed by atoms with E-state index in [0.717, 1.165) is 12.0 Å². The second-order valence-electron chi connectivity index (χ2n) is 6.15. The van der Waals surface area contributed by atoms with E-state index in [0.29, 0.717) is 25.6 Å². The zero-order chi connectivity index (χ0) is 18.7. The van der Waals surface area contributed by atoms with Crippen molar-refractivity contribution < 1.29 is 19.1 Å². The molecule has 0 N–H and O–H groups in total. The van der Waals surface area contributed by atoms with E-state index in [-0.39, 0.29) is 18.3 Å². The van der Waals surface area contributed by atoms with Crippen LogP contribution in [0.5, 0.6) is 0 Å². The normalized spacial score (nSPS) is 11.1. The second-order valence-corrected chi connectivity index (χ2v) is 6.15. The van der Waals surface area contributed by atoms with Crippen LogP contribution in [0.3, 0.4) is 0 Å². The maximum atomic E-state index is 12.4. The number of ether oxygens (including phenoxy) is 2. The van der Waals surface area contributed by atoms with Crippen molar-refractivity contribution in [2.75, 3.05) is 33.9 Å². The Morgan fingerprint density at radius 3 is 2.36 bits per heavy atom. The molecule has 0 fully saturated rings. The molecule has 0 aromatic heterocycles. The van der Waals surface area contributed by atoms with Crippen LogP contribution in [-0.2, 0) is 19.1 Å². The first-order valence-corrected chi connectivity index (χ1v) is 8.60. The zero-order valence-electron chi connectivity index (χ0n) is 15.7. The first-order valence-electron chi connectivity index (χ1n) is 8.60. The maximum Gasteiger partial charge on any atom is 0.307 e. The molecule has 0 aliphatic rings. The monoisotopic (exact) mass is 347 g/mol. The largest absolute Gasteiger partial charge is 0.469 e. The van der Waals surface area contributed by atoms with Gasteiger partial charge in [-0.2, -0.15) is 0 Å². The SMILES string of the molecule is COCCCN(CCC(=O)OC)C(=O)/C=C/c1ccc(C(C)C)cc1. The Labute approximate surface area is 150 Å². The van der Waals surface area contributed by atoms with E-state index in [9.17, 15) is 9.59 Å². The molecular weight excluding hydrogens is 318 g/mol. The van der Waals surface area contributed by atoms with Gasteiger partial charge in [0, 0.05) is 32.9 Å². The van der Waals surface area contributed by atoms with Crippen molar-refractivity contribution in [3.8, 4) is 0 Å².